The summed E-state index contributed by atoms with van der Waals surface area (Å²) in [5.74, 6) is -0.190. The van der Waals surface area contributed by atoms with Crippen LogP contribution in [0.1, 0.15) is 18.5 Å². The van der Waals surface area contributed by atoms with Crippen LogP contribution in [0.25, 0.3) is 0 Å². The van der Waals surface area contributed by atoms with E-state index in [0.29, 0.717) is 6.04 Å². The summed E-state index contributed by atoms with van der Waals surface area (Å²) in [6.45, 7) is 2.03. The summed E-state index contributed by atoms with van der Waals surface area (Å²) >= 11 is 0. The molecule has 11 heavy (non-hydrogen) atoms. The monoisotopic (exact) mass is 153 g/mol. The van der Waals surface area contributed by atoms with Crippen LogP contribution in [-0.4, -0.2) is 0 Å². The Kier molecular flexibility index (Phi) is 2.60. The van der Waals surface area contributed by atoms with Crippen LogP contribution in [0, 0.1) is 12.9 Å². The van der Waals surface area contributed by atoms with Gasteiger partial charge in [-0.15, -0.1) is 0 Å². The number of quaternary nitrogens is 1. The van der Waals surface area contributed by atoms with E-state index < -0.39 is 0 Å². The highest BCUT2D eigenvalue weighted by Crippen LogP contribution is 2.08. The van der Waals surface area contributed by atoms with Gasteiger partial charge in [0, 0.05) is 5.56 Å². The summed E-state index contributed by atoms with van der Waals surface area (Å²) in [4.78, 5) is 0. The van der Waals surface area contributed by atoms with Gasteiger partial charge in [0.15, 0.2) is 0 Å². The van der Waals surface area contributed by atoms with Crippen LogP contribution in [0.3, 0.4) is 0 Å². The van der Waals surface area contributed by atoms with Crippen LogP contribution in [0.2, 0.25) is 0 Å². The molecule has 0 heterocycles. The number of benzene rings is 1. The van der Waals surface area contributed by atoms with E-state index in [1.807, 2.05) is 12.2 Å². The number of hydrogen-bond donors (Lipinski definition) is 1. The van der Waals surface area contributed by atoms with Crippen LogP contribution < -0.4 is 5.32 Å². The molecular weight excluding hydrogens is 141 g/mol. The Morgan fingerprint density at radius 1 is 1.36 bits per heavy atom. The Morgan fingerprint density at radius 3 is 2.36 bits per heavy atom. The molecule has 0 fully saturated rings. The highest BCUT2D eigenvalue weighted by Gasteiger charge is 2.01. The predicted molar refractivity (Wildman–Crippen MR) is 42.1 cm³/mol. The molecule has 1 atom stereocenters. The third-order valence-electron chi connectivity index (χ3n) is 1.75. The SMILES string of the molecule is [CH2-][NH2+][C@@H](C)c1ccc(F)cc1. The highest BCUT2D eigenvalue weighted by atomic mass is 19.1. The first kappa shape index (κ1) is 8.21. The van der Waals surface area contributed by atoms with Gasteiger partial charge in [0.25, 0.3) is 0 Å². The average Bonchev–Trinajstić information content (AvgIpc) is 2.05. The minimum Gasteiger partial charge on any atom is -0.473 e. The summed E-state index contributed by atoms with van der Waals surface area (Å²) in [6.07, 6.45) is 0. The van der Waals surface area contributed by atoms with E-state index in [0.717, 1.165) is 5.56 Å². The molecule has 1 nitrogen and oxygen atoms in total. The van der Waals surface area contributed by atoms with E-state index in [-0.39, 0.29) is 5.82 Å². The molecule has 0 unspecified atom stereocenters. The summed E-state index contributed by atoms with van der Waals surface area (Å²) in [5, 5.41) is 1.84. The molecule has 1 rings (SSSR count). The van der Waals surface area contributed by atoms with Crippen LogP contribution in [-0.2, 0) is 0 Å². The fourth-order valence-electron chi connectivity index (χ4n) is 0.902. The smallest absolute Gasteiger partial charge is 0.123 e. The number of halogens is 1. The Morgan fingerprint density at radius 2 is 1.91 bits per heavy atom. The maximum Gasteiger partial charge on any atom is 0.123 e. The fraction of sp³-hybridized carbons (Fsp3) is 0.222. The molecule has 0 aromatic heterocycles. The van der Waals surface area contributed by atoms with Gasteiger partial charge >= 0.3 is 0 Å². The minimum atomic E-state index is -0.190. The first-order valence-electron chi connectivity index (χ1n) is 3.62. The maximum atomic E-state index is 12.4. The van der Waals surface area contributed by atoms with Gasteiger partial charge in [0.2, 0.25) is 0 Å². The van der Waals surface area contributed by atoms with E-state index in [2.05, 4.69) is 7.05 Å². The van der Waals surface area contributed by atoms with Gasteiger partial charge < -0.3 is 5.32 Å². The summed E-state index contributed by atoms with van der Waals surface area (Å²) in [7, 11) is 3.67. The van der Waals surface area contributed by atoms with Gasteiger partial charge in [-0.05, 0) is 19.1 Å². The van der Waals surface area contributed by atoms with Crippen molar-refractivity contribution < 1.29 is 9.71 Å². The molecule has 0 aliphatic rings. The second-order valence-corrected chi connectivity index (χ2v) is 2.58. The molecule has 1 aromatic carbocycles. The molecule has 0 spiro atoms. The second kappa shape index (κ2) is 3.49. The van der Waals surface area contributed by atoms with Gasteiger partial charge in [0.1, 0.15) is 5.82 Å². The Hall–Kier alpha value is -0.890. The predicted octanol–water partition coefficient (Wildman–Crippen LogP) is 1.24. The summed E-state index contributed by atoms with van der Waals surface area (Å²) in [5.41, 5.74) is 1.10. The van der Waals surface area contributed by atoms with Crippen LogP contribution in [0.5, 0.6) is 0 Å². The first-order chi connectivity index (χ1) is 5.24. The van der Waals surface area contributed by atoms with E-state index >= 15 is 0 Å². The van der Waals surface area contributed by atoms with Crippen molar-refractivity contribution >= 4 is 0 Å². The third kappa shape index (κ3) is 2.02. The molecule has 2 heteroatoms. The lowest BCUT2D eigenvalue weighted by atomic mass is 10.1. The maximum absolute atomic E-state index is 12.4. The van der Waals surface area contributed by atoms with Gasteiger partial charge in [-0.3, -0.25) is 0 Å². The lowest BCUT2D eigenvalue weighted by Crippen LogP contribution is -2.77. The molecular formula is C9H12FN. The summed E-state index contributed by atoms with van der Waals surface area (Å²) < 4.78 is 12.4. The summed E-state index contributed by atoms with van der Waals surface area (Å²) in [6, 6.07) is 6.80. The van der Waals surface area contributed by atoms with Crippen molar-refractivity contribution in [2.75, 3.05) is 0 Å². The molecule has 0 bridgehead atoms. The van der Waals surface area contributed by atoms with E-state index in [1.165, 1.54) is 12.1 Å². The number of hydrogen-bond acceptors (Lipinski definition) is 0. The lowest BCUT2D eigenvalue weighted by Gasteiger charge is -2.10. The van der Waals surface area contributed by atoms with Crippen molar-refractivity contribution in [1.82, 2.24) is 0 Å². The quantitative estimate of drug-likeness (QED) is 0.616. The van der Waals surface area contributed by atoms with Crippen molar-refractivity contribution in [2.24, 2.45) is 0 Å². The van der Waals surface area contributed by atoms with E-state index in [9.17, 15) is 4.39 Å². The average molecular weight is 153 g/mol. The Labute approximate surface area is 66.2 Å². The highest BCUT2D eigenvalue weighted by molar-refractivity contribution is 5.17. The molecule has 60 valence electrons. The molecule has 0 amide bonds. The molecule has 0 radical (unpaired) electrons. The van der Waals surface area contributed by atoms with Crippen molar-refractivity contribution in [1.29, 1.82) is 0 Å². The number of nitrogens with two attached hydrogens (primary N) is 1. The molecule has 0 aliphatic carbocycles. The molecule has 0 saturated carbocycles. The lowest BCUT2D eigenvalue weighted by molar-refractivity contribution is -0.637. The Balaban J connectivity index is 2.81. The third-order valence-corrected chi connectivity index (χ3v) is 1.75. The fourth-order valence-corrected chi connectivity index (χ4v) is 0.902. The largest absolute Gasteiger partial charge is 0.473 e. The van der Waals surface area contributed by atoms with Gasteiger partial charge in [-0.2, -0.15) is 7.05 Å². The van der Waals surface area contributed by atoms with Crippen LogP contribution in [0.15, 0.2) is 24.3 Å². The van der Waals surface area contributed by atoms with Crippen molar-refractivity contribution in [3.05, 3.63) is 42.7 Å². The van der Waals surface area contributed by atoms with Gasteiger partial charge in [-0.1, -0.05) is 12.1 Å². The molecule has 1 aromatic rings. The van der Waals surface area contributed by atoms with Crippen molar-refractivity contribution in [2.45, 2.75) is 13.0 Å². The molecule has 0 aliphatic heterocycles. The first-order valence-corrected chi connectivity index (χ1v) is 3.62. The zero-order valence-electron chi connectivity index (χ0n) is 6.55. The zero-order chi connectivity index (χ0) is 8.27. The standard InChI is InChI=1S/C9H12FN/c1-7(11-2)8-3-5-9(10)6-4-8/h3-7H,2,11H2,1H3/t7-/m0/s1. The second-order valence-electron chi connectivity index (χ2n) is 2.58. The normalized spacial score (nSPS) is 13.0. The Bertz CT molecular complexity index is 218. The minimum absolute atomic E-state index is 0.190. The van der Waals surface area contributed by atoms with Gasteiger partial charge in [0.05, 0.1) is 6.04 Å². The zero-order valence-corrected chi connectivity index (χ0v) is 6.55. The number of rotatable bonds is 2. The van der Waals surface area contributed by atoms with Crippen molar-refractivity contribution in [3.8, 4) is 0 Å². The topological polar surface area (TPSA) is 16.6 Å². The van der Waals surface area contributed by atoms with Gasteiger partial charge in [-0.25, -0.2) is 4.39 Å². The molecule has 2 N–H and O–H groups in total. The van der Waals surface area contributed by atoms with E-state index in [4.69, 9.17) is 0 Å². The van der Waals surface area contributed by atoms with E-state index in [1.54, 1.807) is 12.1 Å². The van der Waals surface area contributed by atoms with Crippen LogP contribution >= 0.6 is 0 Å². The van der Waals surface area contributed by atoms with Crippen LogP contribution in [0.4, 0.5) is 4.39 Å². The van der Waals surface area contributed by atoms with Crippen molar-refractivity contribution in [3.63, 3.8) is 0 Å². The molecule has 0 saturated heterocycles.